The molecule has 1 rings (SSSR count). The van der Waals surface area contributed by atoms with Gasteiger partial charge in [0.05, 0.1) is 46.2 Å². The lowest BCUT2D eigenvalue weighted by Gasteiger charge is -2.18. The minimum absolute atomic E-state index is 0.152. The second kappa shape index (κ2) is 30.0. The van der Waals surface area contributed by atoms with Crippen LogP contribution in [-0.2, 0) is 58.8 Å². The molecular weight excluding hydrogens is 634 g/mol. The van der Waals surface area contributed by atoms with Crippen LogP contribution in [0, 0.1) is 0 Å². The topological polar surface area (TPSA) is 136 Å². The van der Waals surface area contributed by atoms with E-state index in [1.807, 2.05) is 56.3 Å². The third kappa shape index (κ3) is 28.6. The average Bonchev–Trinajstić information content (AvgIpc) is 3.06. The van der Waals surface area contributed by atoms with Crippen LogP contribution in [0.5, 0.6) is 0 Å². The highest BCUT2D eigenvalue weighted by Gasteiger charge is 2.17. The Kier molecular flexibility index (Phi) is 28.8. The van der Waals surface area contributed by atoms with Crippen molar-refractivity contribution in [2.24, 2.45) is 0 Å². The summed E-state index contributed by atoms with van der Waals surface area (Å²) < 4.78 is 35.9. The van der Waals surface area contributed by atoms with Crippen molar-refractivity contribution in [1.82, 2.24) is 4.90 Å². The maximum Gasteiger partial charge on any atom is 0.333 e. The molecule has 0 aliphatic carbocycles. The second-order valence-electron chi connectivity index (χ2n) is 10.9. The highest BCUT2D eigenvalue weighted by atomic mass is 16.6. The molecule has 0 bridgehead atoms. The van der Waals surface area contributed by atoms with Crippen molar-refractivity contribution in [3.63, 3.8) is 0 Å². The number of ether oxygens (including phenoxy) is 7. The van der Waals surface area contributed by atoms with Gasteiger partial charge < -0.3 is 38.1 Å². The van der Waals surface area contributed by atoms with Crippen LogP contribution in [0.3, 0.4) is 0 Å². The first-order valence-corrected chi connectivity index (χ1v) is 15.9. The molecular formula is C37H57NO11. The van der Waals surface area contributed by atoms with Crippen LogP contribution in [0.1, 0.15) is 39.7 Å². The standard InChI is InChI=1S/C24H34O7.C8H15NO2.C5H8O2/c1-5-27-18-22(29-15-13-28-14-16-31-23(25)19(2)3)17-20(4)24(26)30-12-11-21-9-7-6-8-10-21;1-7(2)8(10)11-6-5-9(3)4;1-4(2)5(6)7-3/h6-10,22H,2,4-5,11-18H2,1,3H3;1,5-6H2,2-4H3;1H2,2-3H3. The second-order valence-corrected chi connectivity index (χ2v) is 10.9. The molecule has 0 radical (unpaired) electrons. The maximum atomic E-state index is 12.2. The molecule has 0 fully saturated rings. The Morgan fingerprint density at radius 1 is 0.694 bits per heavy atom. The normalized spacial score (nSPS) is 10.6. The van der Waals surface area contributed by atoms with Gasteiger partial charge in [0, 0.05) is 48.3 Å². The van der Waals surface area contributed by atoms with Gasteiger partial charge in [0.2, 0.25) is 0 Å². The van der Waals surface area contributed by atoms with Crippen LogP contribution in [-0.4, -0.2) is 115 Å². The number of hydrogen-bond acceptors (Lipinski definition) is 12. The van der Waals surface area contributed by atoms with E-state index >= 15 is 0 Å². The van der Waals surface area contributed by atoms with Gasteiger partial charge in [-0.2, -0.15) is 0 Å². The van der Waals surface area contributed by atoms with E-state index in [1.165, 1.54) is 7.11 Å². The largest absolute Gasteiger partial charge is 0.466 e. The van der Waals surface area contributed by atoms with Gasteiger partial charge in [-0.3, -0.25) is 0 Å². The number of likely N-dealkylation sites (N-methyl/N-ethyl adjacent to an activating group) is 1. The zero-order chi connectivity index (χ0) is 37.6. The first kappa shape index (κ1) is 47.0. The highest BCUT2D eigenvalue weighted by molar-refractivity contribution is 5.88. The summed E-state index contributed by atoms with van der Waals surface area (Å²) in [4.78, 5) is 46.4. The molecule has 1 unspecified atom stereocenters. The lowest BCUT2D eigenvalue weighted by atomic mass is 10.1. The van der Waals surface area contributed by atoms with Crippen molar-refractivity contribution in [1.29, 1.82) is 0 Å². The molecule has 0 spiro atoms. The SMILES string of the molecule is C=C(C)C(=O)OC.C=C(C)C(=O)OCCN(C)C.C=C(C)C(=O)OCCOCCOC(COCC)CC(=C)C(=O)OCCc1ccccc1. The van der Waals surface area contributed by atoms with E-state index in [1.54, 1.807) is 20.8 Å². The zero-order valence-electron chi connectivity index (χ0n) is 30.5. The van der Waals surface area contributed by atoms with Gasteiger partial charge in [0.1, 0.15) is 13.2 Å². The van der Waals surface area contributed by atoms with E-state index in [2.05, 4.69) is 31.1 Å². The van der Waals surface area contributed by atoms with Crippen molar-refractivity contribution in [2.45, 2.75) is 46.6 Å². The van der Waals surface area contributed by atoms with Crippen molar-refractivity contribution >= 4 is 23.9 Å². The summed E-state index contributed by atoms with van der Waals surface area (Å²) in [6.07, 6.45) is 0.622. The minimum atomic E-state index is -0.439. The quantitative estimate of drug-likeness (QED) is 0.0723. The highest BCUT2D eigenvalue weighted by Crippen LogP contribution is 2.11. The maximum absolute atomic E-state index is 12.2. The molecule has 0 aliphatic heterocycles. The number of benzene rings is 1. The molecule has 0 aliphatic rings. The summed E-state index contributed by atoms with van der Waals surface area (Å²) in [6.45, 7) is 24.3. The van der Waals surface area contributed by atoms with Crippen LogP contribution >= 0.6 is 0 Å². The van der Waals surface area contributed by atoms with Crippen molar-refractivity contribution in [2.75, 3.05) is 80.6 Å². The summed E-state index contributed by atoms with van der Waals surface area (Å²) in [5.74, 6) is -1.53. The van der Waals surface area contributed by atoms with Gasteiger partial charge in [0.25, 0.3) is 0 Å². The summed E-state index contributed by atoms with van der Waals surface area (Å²) >= 11 is 0. The molecule has 0 saturated carbocycles. The van der Waals surface area contributed by atoms with Crippen LogP contribution in [0.2, 0.25) is 0 Å². The van der Waals surface area contributed by atoms with Gasteiger partial charge in [-0.05, 0) is 47.4 Å². The van der Waals surface area contributed by atoms with E-state index in [0.717, 1.165) is 12.1 Å². The van der Waals surface area contributed by atoms with Crippen molar-refractivity contribution < 1.29 is 52.3 Å². The third-order valence-electron chi connectivity index (χ3n) is 5.78. The first-order valence-electron chi connectivity index (χ1n) is 15.9. The number of hydrogen-bond donors (Lipinski definition) is 0. The smallest absolute Gasteiger partial charge is 0.333 e. The molecule has 0 aromatic heterocycles. The molecule has 49 heavy (non-hydrogen) atoms. The Bertz CT molecular complexity index is 1160. The predicted octanol–water partition coefficient (Wildman–Crippen LogP) is 4.68. The average molecular weight is 692 g/mol. The molecule has 1 aromatic carbocycles. The monoisotopic (exact) mass is 691 g/mol. The van der Waals surface area contributed by atoms with E-state index in [-0.39, 0.29) is 31.3 Å². The Morgan fingerprint density at radius 2 is 1.22 bits per heavy atom. The molecule has 276 valence electrons. The lowest BCUT2D eigenvalue weighted by molar-refractivity contribution is -0.141. The van der Waals surface area contributed by atoms with Crippen LogP contribution in [0.4, 0.5) is 0 Å². The van der Waals surface area contributed by atoms with E-state index in [9.17, 15) is 19.2 Å². The van der Waals surface area contributed by atoms with Crippen molar-refractivity contribution in [3.8, 4) is 0 Å². The van der Waals surface area contributed by atoms with Gasteiger partial charge in [0.15, 0.2) is 0 Å². The predicted molar refractivity (Wildman–Crippen MR) is 189 cm³/mol. The Balaban J connectivity index is 0. The number of methoxy groups -OCH3 is 1. The van der Waals surface area contributed by atoms with E-state index in [4.69, 9.17) is 28.4 Å². The summed E-state index contributed by atoms with van der Waals surface area (Å²) in [6, 6.07) is 9.82. The number of nitrogens with zero attached hydrogens (tertiary/aromatic N) is 1. The van der Waals surface area contributed by atoms with Gasteiger partial charge in [-0.25, -0.2) is 19.2 Å². The first-order chi connectivity index (χ1) is 23.2. The van der Waals surface area contributed by atoms with Crippen LogP contribution in [0.15, 0.2) is 78.9 Å². The van der Waals surface area contributed by atoms with Crippen LogP contribution < -0.4 is 0 Å². The van der Waals surface area contributed by atoms with Crippen LogP contribution in [0.25, 0.3) is 0 Å². The number of rotatable bonds is 22. The molecule has 12 nitrogen and oxygen atoms in total. The molecule has 0 saturated heterocycles. The molecule has 1 atom stereocenters. The van der Waals surface area contributed by atoms with Gasteiger partial charge in [-0.1, -0.05) is 56.6 Å². The minimum Gasteiger partial charge on any atom is -0.466 e. The summed E-state index contributed by atoms with van der Waals surface area (Å²) in [7, 11) is 5.18. The van der Waals surface area contributed by atoms with E-state index in [0.29, 0.717) is 74.8 Å². The molecule has 0 amide bonds. The number of carbonyl (C=O) groups is 4. The molecule has 12 heteroatoms. The molecule has 0 heterocycles. The fourth-order valence-electron chi connectivity index (χ4n) is 3.09. The lowest BCUT2D eigenvalue weighted by Crippen LogP contribution is -2.25. The zero-order valence-corrected chi connectivity index (χ0v) is 30.5. The number of esters is 4. The van der Waals surface area contributed by atoms with E-state index < -0.39 is 11.9 Å². The Labute approximate surface area is 292 Å². The fourth-order valence-corrected chi connectivity index (χ4v) is 3.09. The summed E-state index contributed by atoms with van der Waals surface area (Å²) in [5, 5.41) is 0. The summed E-state index contributed by atoms with van der Waals surface area (Å²) in [5.41, 5.74) is 2.67. The fraction of sp³-hybridized carbons (Fsp3) is 0.514. The third-order valence-corrected chi connectivity index (χ3v) is 5.78. The number of carbonyl (C=O) groups excluding carboxylic acids is 4. The Morgan fingerprint density at radius 3 is 1.71 bits per heavy atom. The van der Waals surface area contributed by atoms with Gasteiger partial charge in [-0.15, -0.1) is 0 Å². The van der Waals surface area contributed by atoms with Crippen molar-refractivity contribution in [3.05, 3.63) is 84.5 Å². The molecule has 0 N–H and O–H groups in total. The van der Waals surface area contributed by atoms with Gasteiger partial charge >= 0.3 is 23.9 Å². The molecule has 1 aromatic rings. The Hall–Kier alpha value is -4.10.